The van der Waals surface area contributed by atoms with Gasteiger partial charge in [-0.3, -0.25) is 9.52 Å². The fourth-order valence-corrected chi connectivity index (χ4v) is 3.42. The standard InChI is InChI=1S/C18H17N3O4S/c1-21-18(22)11-10-17(19-21)13-4-3-5-14(12-13)20-26(23,24)16-8-6-15(25-2)7-9-16/h3-12,20H,1-2H3. The highest BCUT2D eigenvalue weighted by Crippen LogP contribution is 2.23. The van der Waals surface area contributed by atoms with Crippen LogP contribution in [-0.2, 0) is 17.1 Å². The van der Waals surface area contributed by atoms with Crippen LogP contribution >= 0.6 is 0 Å². The van der Waals surface area contributed by atoms with Gasteiger partial charge in [0.1, 0.15) is 5.75 Å². The molecule has 8 heteroatoms. The molecule has 0 bridgehead atoms. The number of benzene rings is 2. The fourth-order valence-electron chi connectivity index (χ4n) is 2.37. The lowest BCUT2D eigenvalue weighted by atomic mass is 10.1. The summed E-state index contributed by atoms with van der Waals surface area (Å²) in [6, 6.07) is 15.9. The van der Waals surface area contributed by atoms with Gasteiger partial charge in [0.2, 0.25) is 0 Å². The zero-order valence-corrected chi connectivity index (χ0v) is 15.0. The quantitative estimate of drug-likeness (QED) is 0.743. The van der Waals surface area contributed by atoms with Gasteiger partial charge >= 0.3 is 0 Å². The van der Waals surface area contributed by atoms with E-state index in [0.717, 1.165) is 0 Å². The normalized spacial score (nSPS) is 11.2. The molecule has 7 nitrogen and oxygen atoms in total. The van der Waals surface area contributed by atoms with Crippen molar-refractivity contribution >= 4 is 15.7 Å². The van der Waals surface area contributed by atoms with Crippen molar-refractivity contribution in [1.29, 1.82) is 0 Å². The van der Waals surface area contributed by atoms with E-state index >= 15 is 0 Å². The number of methoxy groups -OCH3 is 1. The fraction of sp³-hybridized carbons (Fsp3) is 0.111. The summed E-state index contributed by atoms with van der Waals surface area (Å²) in [4.78, 5) is 11.6. The molecule has 26 heavy (non-hydrogen) atoms. The molecule has 0 atom stereocenters. The Hall–Kier alpha value is -3.13. The van der Waals surface area contributed by atoms with E-state index < -0.39 is 10.0 Å². The van der Waals surface area contributed by atoms with E-state index in [4.69, 9.17) is 4.74 Å². The highest BCUT2D eigenvalue weighted by atomic mass is 32.2. The number of aryl methyl sites for hydroxylation is 1. The number of rotatable bonds is 5. The molecule has 0 spiro atoms. The van der Waals surface area contributed by atoms with Crippen molar-refractivity contribution < 1.29 is 13.2 Å². The molecule has 0 aliphatic rings. The molecule has 0 unspecified atom stereocenters. The zero-order chi connectivity index (χ0) is 18.7. The molecule has 0 fully saturated rings. The minimum atomic E-state index is -3.73. The second kappa shape index (κ2) is 7.01. The Morgan fingerprint density at radius 3 is 2.42 bits per heavy atom. The molecule has 0 saturated carbocycles. The summed E-state index contributed by atoms with van der Waals surface area (Å²) in [5.41, 5.74) is 1.44. The molecule has 3 aromatic rings. The molecule has 0 amide bonds. The second-order valence-corrected chi connectivity index (χ2v) is 7.22. The van der Waals surface area contributed by atoms with E-state index in [2.05, 4.69) is 9.82 Å². The van der Waals surface area contributed by atoms with Crippen LogP contribution < -0.4 is 15.0 Å². The number of sulfonamides is 1. The van der Waals surface area contributed by atoms with Crippen LogP contribution in [0.3, 0.4) is 0 Å². The Labute approximate surface area is 150 Å². The van der Waals surface area contributed by atoms with Crippen LogP contribution in [0.25, 0.3) is 11.3 Å². The van der Waals surface area contributed by atoms with Gasteiger partial charge in [0.05, 0.1) is 17.7 Å². The molecule has 2 aromatic carbocycles. The zero-order valence-electron chi connectivity index (χ0n) is 14.2. The minimum absolute atomic E-state index is 0.129. The summed E-state index contributed by atoms with van der Waals surface area (Å²) in [5, 5.41) is 4.17. The highest BCUT2D eigenvalue weighted by Gasteiger charge is 2.14. The molecule has 0 aliphatic heterocycles. The van der Waals surface area contributed by atoms with Crippen LogP contribution in [0.2, 0.25) is 0 Å². The average molecular weight is 371 g/mol. The molecule has 1 N–H and O–H groups in total. The van der Waals surface area contributed by atoms with E-state index in [0.29, 0.717) is 22.7 Å². The number of anilines is 1. The van der Waals surface area contributed by atoms with Crippen LogP contribution in [0, 0.1) is 0 Å². The largest absolute Gasteiger partial charge is 0.497 e. The van der Waals surface area contributed by atoms with Crippen LogP contribution in [0.4, 0.5) is 5.69 Å². The van der Waals surface area contributed by atoms with Gasteiger partial charge < -0.3 is 4.74 Å². The Bertz CT molecular complexity index is 1090. The van der Waals surface area contributed by atoms with Crippen molar-refractivity contribution in [2.24, 2.45) is 7.05 Å². The smallest absolute Gasteiger partial charge is 0.266 e. The first kappa shape index (κ1) is 17.7. The summed E-state index contributed by atoms with van der Waals surface area (Å²) in [6.45, 7) is 0. The van der Waals surface area contributed by atoms with Crippen LogP contribution in [0.5, 0.6) is 5.75 Å². The van der Waals surface area contributed by atoms with Crippen molar-refractivity contribution in [2.75, 3.05) is 11.8 Å². The Morgan fingerprint density at radius 2 is 1.77 bits per heavy atom. The minimum Gasteiger partial charge on any atom is -0.497 e. The first-order valence-electron chi connectivity index (χ1n) is 7.71. The summed E-state index contributed by atoms with van der Waals surface area (Å²) in [6.07, 6.45) is 0. The van der Waals surface area contributed by atoms with Gasteiger partial charge in [0.15, 0.2) is 0 Å². The molecule has 0 saturated heterocycles. The molecule has 0 aliphatic carbocycles. The van der Waals surface area contributed by atoms with Crippen molar-refractivity contribution in [3.8, 4) is 17.0 Å². The lowest BCUT2D eigenvalue weighted by Gasteiger charge is -2.10. The molecule has 3 rings (SSSR count). The molecular formula is C18H17N3O4S. The summed E-state index contributed by atoms with van der Waals surface area (Å²) >= 11 is 0. The summed E-state index contributed by atoms with van der Waals surface area (Å²) < 4.78 is 33.9. The van der Waals surface area contributed by atoms with Crippen molar-refractivity contribution in [3.63, 3.8) is 0 Å². The number of hydrogen-bond acceptors (Lipinski definition) is 5. The van der Waals surface area contributed by atoms with Gasteiger partial charge in [0.25, 0.3) is 15.6 Å². The predicted octanol–water partition coefficient (Wildman–Crippen LogP) is 2.26. The van der Waals surface area contributed by atoms with Crippen molar-refractivity contribution in [3.05, 3.63) is 71.0 Å². The summed E-state index contributed by atoms with van der Waals surface area (Å²) in [7, 11) is -0.661. The highest BCUT2D eigenvalue weighted by molar-refractivity contribution is 7.92. The van der Waals surface area contributed by atoms with Gasteiger partial charge in [-0.25, -0.2) is 13.1 Å². The number of nitrogens with zero attached hydrogens (tertiary/aromatic N) is 2. The third-order valence-electron chi connectivity index (χ3n) is 3.74. The molecular weight excluding hydrogens is 354 g/mol. The number of hydrogen-bond donors (Lipinski definition) is 1. The topological polar surface area (TPSA) is 90.3 Å². The molecule has 1 aromatic heterocycles. The van der Waals surface area contributed by atoms with Gasteiger partial charge in [-0.1, -0.05) is 12.1 Å². The molecule has 1 heterocycles. The predicted molar refractivity (Wildman–Crippen MR) is 98.7 cm³/mol. The number of ether oxygens (including phenoxy) is 1. The van der Waals surface area contributed by atoms with E-state index in [1.165, 1.54) is 30.0 Å². The monoisotopic (exact) mass is 371 g/mol. The van der Waals surface area contributed by atoms with E-state index in [9.17, 15) is 13.2 Å². The van der Waals surface area contributed by atoms with E-state index in [-0.39, 0.29) is 10.5 Å². The maximum atomic E-state index is 12.5. The number of aromatic nitrogens is 2. The maximum Gasteiger partial charge on any atom is 0.266 e. The molecule has 0 radical (unpaired) electrons. The molecule has 134 valence electrons. The van der Waals surface area contributed by atoms with Gasteiger partial charge in [-0.2, -0.15) is 5.10 Å². The van der Waals surface area contributed by atoms with Gasteiger partial charge in [0, 0.05) is 24.4 Å². The second-order valence-electron chi connectivity index (χ2n) is 5.54. The van der Waals surface area contributed by atoms with E-state index in [1.54, 1.807) is 49.5 Å². The van der Waals surface area contributed by atoms with Gasteiger partial charge in [-0.15, -0.1) is 0 Å². The Morgan fingerprint density at radius 1 is 1.04 bits per heavy atom. The van der Waals surface area contributed by atoms with Crippen LogP contribution in [0.1, 0.15) is 0 Å². The first-order chi connectivity index (χ1) is 12.4. The Kier molecular flexibility index (Phi) is 4.77. The lowest BCUT2D eigenvalue weighted by Crippen LogP contribution is -2.18. The van der Waals surface area contributed by atoms with Crippen LogP contribution in [0.15, 0.2) is 70.4 Å². The maximum absolute atomic E-state index is 12.5. The third kappa shape index (κ3) is 3.75. The average Bonchev–Trinajstić information content (AvgIpc) is 2.64. The lowest BCUT2D eigenvalue weighted by molar-refractivity contribution is 0.414. The first-order valence-corrected chi connectivity index (χ1v) is 9.19. The SMILES string of the molecule is COc1ccc(S(=O)(=O)Nc2cccc(-c3ccc(=O)n(C)n3)c2)cc1. The third-order valence-corrected chi connectivity index (χ3v) is 5.14. The van der Waals surface area contributed by atoms with Crippen molar-refractivity contribution in [1.82, 2.24) is 9.78 Å². The van der Waals surface area contributed by atoms with Gasteiger partial charge in [-0.05, 0) is 42.5 Å². The van der Waals surface area contributed by atoms with Crippen LogP contribution in [-0.4, -0.2) is 25.3 Å². The summed E-state index contributed by atoms with van der Waals surface area (Å²) in [5.74, 6) is 0.576. The van der Waals surface area contributed by atoms with E-state index in [1.807, 2.05) is 0 Å². The number of nitrogens with one attached hydrogen (secondary N) is 1. The van der Waals surface area contributed by atoms with Crippen molar-refractivity contribution in [2.45, 2.75) is 4.90 Å². The Balaban J connectivity index is 1.90.